The molecule has 0 saturated heterocycles. The molecular weight excluding hydrogens is 382 g/mol. The highest BCUT2D eigenvalue weighted by molar-refractivity contribution is 6.00. The summed E-state index contributed by atoms with van der Waals surface area (Å²) in [7, 11) is 1.59. The molecule has 0 spiro atoms. The highest BCUT2D eigenvalue weighted by atomic mass is 16.5. The first-order chi connectivity index (χ1) is 14.6. The highest BCUT2D eigenvalue weighted by Gasteiger charge is 2.08. The maximum Gasteiger partial charge on any atom is 0.323 e. The summed E-state index contributed by atoms with van der Waals surface area (Å²) in [6.45, 7) is 0. The van der Waals surface area contributed by atoms with Crippen molar-refractivity contribution >= 4 is 39.9 Å². The fraction of sp³-hybridized carbons (Fsp3) is 0.0455. The second-order valence-corrected chi connectivity index (χ2v) is 6.45. The Morgan fingerprint density at radius 1 is 0.900 bits per heavy atom. The lowest BCUT2D eigenvalue weighted by Gasteiger charge is -2.09. The first-order valence-corrected chi connectivity index (χ1v) is 9.19. The number of ether oxygens (including phenoxy) is 1. The zero-order valence-electron chi connectivity index (χ0n) is 16.1. The summed E-state index contributed by atoms with van der Waals surface area (Å²) in [5, 5.41) is 8.48. The van der Waals surface area contributed by atoms with Crippen LogP contribution >= 0.6 is 0 Å². The Hall–Kier alpha value is -4.33. The summed E-state index contributed by atoms with van der Waals surface area (Å²) < 4.78 is 5.13. The van der Waals surface area contributed by atoms with Crippen molar-refractivity contribution in [3.05, 3.63) is 83.2 Å². The van der Waals surface area contributed by atoms with Crippen molar-refractivity contribution in [2.45, 2.75) is 0 Å². The van der Waals surface area contributed by atoms with E-state index in [-0.39, 0.29) is 17.4 Å². The van der Waals surface area contributed by atoms with Crippen LogP contribution in [0.1, 0.15) is 0 Å². The lowest BCUT2D eigenvalue weighted by molar-refractivity contribution is 0.262. The number of hydrogen-bond acceptors (Lipinski definition) is 5. The molecular formula is C22H19N5O3. The number of aromatic nitrogens is 2. The lowest BCUT2D eigenvalue weighted by Crippen LogP contribution is -2.19. The van der Waals surface area contributed by atoms with Gasteiger partial charge >= 0.3 is 6.03 Å². The normalized spacial score (nSPS) is 10.4. The van der Waals surface area contributed by atoms with Crippen LogP contribution in [0.2, 0.25) is 0 Å². The molecule has 4 N–H and O–H groups in total. The Morgan fingerprint density at radius 2 is 1.60 bits per heavy atom. The molecule has 4 aromatic rings. The molecule has 150 valence electrons. The molecule has 0 aliphatic carbocycles. The van der Waals surface area contributed by atoms with Crippen molar-refractivity contribution in [1.29, 1.82) is 0 Å². The molecule has 0 fully saturated rings. The molecule has 4 rings (SSSR count). The molecule has 8 nitrogen and oxygen atoms in total. The Bertz CT molecular complexity index is 1240. The minimum Gasteiger partial charge on any atom is -0.497 e. The van der Waals surface area contributed by atoms with Crippen LogP contribution in [0.25, 0.3) is 11.0 Å². The molecule has 0 radical (unpaired) electrons. The second-order valence-electron chi connectivity index (χ2n) is 6.45. The molecule has 3 aromatic carbocycles. The van der Waals surface area contributed by atoms with E-state index < -0.39 is 0 Å². The van der Waals surface area contributed by atoms with Gasteiger partial charge in [-0.2, -0.15) is 0 Å². The molecule has 0 aliphatic heterocycles. The van der Waals surface area contributed by atoms with Crippen molar-refractivity contribution in [3.63, 3.8) is 0 Å². The number of benzene rings is 3. The standard InChI is InChI=1S/C22H19N5O3/c1-30-17-10-7-15(8-11-17)23-20-21(28)27-19-13-16(9-12-18(19)26-20)25-22(29)24-14-5-3-2-4-6-14/h2-13H,1H3,(H,23,26)(H,27,28)(H2,24,25,29). The Labute approximate surface area is 171 Å². The van der Waals surface area contributed by atoms with Gasteiger partial charge in [-0.15, -0.1) is 0 Å². The number of urea groups is 1. The average Bonchev–Trinajstić information content (AvgIpc) is 2.75. The molecule has 0 saturated carbocycles. The second kappa shape index (κ2) is 8.36. The first-order valence-electron chi connectivity index (χ1n) is 9.19. The van der Waals surface area contributed by atoms with Crippen LogP contribution in [0.3, 0.4) is 0 Å². The summed E-state index contributed by atoms with van der Waals surface area (Å²) in [6, 6.07) is 21.0. The SMILES string of the molecule is COc1ccc(Nc2nc3ccc(NC(=O)Nc4ccccc4)cc3[nH]c2=O)cc1. The third-order valence-corrected chi connectivity index (χ3v) is 4.33. The molecule has 0 aliphatic rings. The molecule has 0 atom stereocenters. The molecule has 2 amide bonds. The Morgan fingerprint density at radius 3 is 2.33 bits per heavy atom. The minimum absolute atomic E-state index is 0.176. The maximum absolute atomic E-state index is 12.4. The quantitative estimate of drug-likeness (QED) is 0.398. The van der Waals surface area contributed by atoms with Crippen LogP contribution in [-0.2, 0) is 0 Å². The topological polar surface area (TPSA) is 108 Å². The zero-order valence-corrected chi connectivity index (χ0v) is 16.1. The smallest absolute Gasteiger partial charge is 0.323 e. The van der Waals surface area contributed by atoms with Crippen molar-refractivity contribution in [2.75, 3.05) is 23.1 Å². The predicted octanol–water partition coefficient (Wildman–Crippen LogP) is 4.32. The van der Waals surface area contributed by atoms with E-state index in [1.165, 1.54) is 0 Å². The largest absolute Gasteiger partial charge is 0.497 e. The number of H-pyrrole nitrogens is 1. The van der Waals surface area contributed by atoms with E-state index in [2.05, 4.69) is 25.9 Å². The number of carbonyl (C=O) groups is 1. The van der Waals surface area contributed by atoms with Crippen molar-refractivity contribution in [3.8, 4) is 5.75 Å². The van der Waals surface area contributed by atoms with Gasteiger partial charge in [-0.1, -0.05) is 18.2 Å². The number of anilines is 4. The molecule has 8 heteroatoms. The van der Waals surface area contributed by atoms with E-state index in [0.717, 1.165) is 5.75 Å². The van der Waals surface area contributed by atoms with Gasteiger partial charge in [0.25, 0.3) is 5.56 Å². The van der Waals surface area contributed by atoms with Crippen LogP contribution in [-0.4, -0.2) is 23.1 Å². The maximum atomic E-state index is 12.4. The van der Waals surface area contributed by atoms with E-state index in [4.69, 9.17) is 4.74 Å². The van der Waals surface area contributed by atoms with Gasteiger partial charge in [-0.25, -0.2) is 9.78 Å². The summed E-state index contributed by atoms with van der Waals surface area (Å²) in [6.07, 6.45) is 0. The molecule has 30 heavy (non-hydrogen) atoms. The molecule has 1 heterocycles. The number of methoxy groups -OCH3 is 1. The monoisotopic (exact) mass is 401 g/mol. The van der Waals surface area contributed by atoms with E-state index in [1.807, 2.05) is 18.2 Å². The summed E-state index contributed by atoms with van der Waals surface area (Å²) in [5.41, 5.74) is 2.65. The van der Waals surface area contributed by atoms with Crippen LogP contribution in [0.15, 0.2) is 77.6 Å². The van der Waals surface area contributed by atoms with Gasteiger partial charge in [0, 0.05) is 17.1 Å². The summed E-state index contributed by atoms with van der Waals surface area (Å²) in [4.78, 5) is 31.8. The van der Waals surface area contributed by atoms with E-state index in [9.17, 15) is 9.59 Å². The number of nitrogens with one attached hydrogen (secondary N) is 4. The van der Waals surface area contributed by atoms with Crippen molar-refractivity contribution in [2.24, 2.45) is 0 Å². The van der Waals surface area contributed by atoms with Gasteiger partial charge in [0.2, 0.25) is 0 Å². The number of carbonyl (C=O) groups excluding carboxylic acids is 1. The fourth-order valence-corrected chi connectivity index (χ4v) is 2.87. The number of para-hydroxylation sites is 1. The number of amides is 2. The summed E-state index contributed by atoms with van der Waals surface area (Å²) >= 11 is 0. The lowest BCUT2D eigenvalue weighted by atomic mass is 10.2. The zero-order chi connectivity index (χ0) is 20.9. The Balaban J connectivity index is 1.51. The molecule has 1 aromatic heterocycles. The molecule has 0 bridgehead atoms. The van der Waals surface area contributed by atoms with Crippen molar-refractivity contribution < 1.29 is 9.53 Å². The van der Waals surface area contributed by atoms with Crippen LogP contribution in [0.4, 0.5) is 27.7 Å². The predicted molar refractivity (Wildman–Crippen MR) is 118 cm³/mol. The number of hydrogen-bond donors (Lipinski definition) is 4. The third kappa shape index (κ3) is 4.39. The van der Waals surface area contributed by atoms with Crippen LogP contribution < -0.4 is 26.2 Å². The number of rotatable bonds is 5. The third-order valence-electron chi connectivity index (χ3n) is 4.33. The van der Waals surface area contributed by atoms with E-state index in [0.29, 0.717) is 28.1 Å². The number of fused-ring (bicyclic) bond motifs is 1. The average molecular weight is 401 g/mol. The van der Waals surface area contributed by atoms with Gasteiger partial charge in [0.15, 0.2) is 5.82 Å². The minimum atomic E-state index is -0.381. The Kier molecular flexibility index (Phi) is 5.29. The number of aromatic amines is 1. The van der Waals surface area contributed by atoms with Crippen LogP contribution in [0.5, 0.6) is 5.75 Å². The van der Waals surface area contributed by atoms with Gasteiger partial charge < -0.3 is 25.7 Å². The number of nitrogens with zero attached hydrogens (tertiary/aromatic N) is 1. The van der Waals surface area contributed by atoms with Gasteiger partial charge in [-0.05, 0) is 54.6 Å². The van der Waals surface area contributed by atoms with Gasteiger partial charge in [0.1, 0.15) is 5.75 Å². The van der Waals surface area contributed by atoms with Crippen LogP contribution in [0, 0.1) is 0 Å². The summed E-state index contributed by atoms with van der Waals surface area (Å²) in [5.74, 6) is 0.896. The van der Waals surface area contributed by atoms with Crippen molar-refractivity contribution in [1.82, 2.24) is 9.97 Å². The van der Waals surface area contributed by atoms with E-state index >= 15 is 0 Å². The first kappa shape index (κ1) is 19.0. The van der Waals surface area contributed by atoms with Gasteiger partial charge in [-0.3, -0.25) is 4.79 Å². The van der Waals surface area contributed by atoms with Gasteiger partial charge in [0.05, 0.1) is 18.1 Å². The molecule has 0 unspecified atom stereocenters. The fourth-order valence-electron chi connectivity index (χ4n) is 2.87. The highest BCUT2D eigenvalue weighted by Crippen LogP contribution is 2.20. The van der Waals surface area contributed by atoms with E-state index in [1.54, 1.807) is 61.7 Å².